The fourth-order valence-electron chi connectivity index (χ4n) is 5.97. The highest BCUT2D eigenvalue weighted by molar-refractivity contribution is 7.89. The predicted octanol–water partition coefficient (Wildman–Crippen LogP) is 3.43. The van der Waals surface area contributed by atoms with Gasteiger partial charge in [-0.2, -0.15) is 0 Å². The number of halogens is 3. The van der Waals surface area contributed by atoms with Crippen LogP contribution in [0.15, 0.2) is 47.5 Å². The molecule has 2 aromatic carbocycles. The van der Waals surface area contributed by atoms with Gasteiger partial charge in [-0.05, 0) is 75.4 Å². The summed E-state index contributed by atoms with van der Waals surface area (Å²) in [5.41, 5.74) is 1.25. The van der Waals surface area contributed by atoms with Crippen molar-refractivity contribution >= 4 is 27.7 Å². The zero-order chi connectivity index (χ0) is 31.9. The maximum absolute atomic E-state index is 13.2. The number of ether oxygens (including phenoxy) is 2. The normalized spacial score (nSPS) is 22.5. The molecule has 5 rings (SSSR count). The van der Waals surface area contributed by atoms with E-state index in [1.807, 2.05) is 20.8 Å². The largest absolute Gasteiger partial charge is 0.573 e. The average Bonchev–Trinajstić information content (AvgIpc) is 3.26. The van der Waals surface area contributed by atoms with Gasteiger partial charge in [0.1, 0.15) is 17.1 Å². The number of morpholine rings is 1. The number of benzene rings is 2. The Hall–Kier alpha value is -3.49. The number of carbonyl (C=O) groups excluding carboxylic acids is 2. The molecule has 0 aliphatic carbocycles. The second kappa shape index (κ2) is 12.1. The third kappa shape index (κ3) is 7.08. The van der Waals surface area contributed by atoms with Crippen LogP contribution in [0.5, 0.6) is 5.75 Å². The average molecular weight is 637 g/mol. The number of amides is 2. The van der Waals surface area contributed by atoms with Crippen LogP contribution in [0.25, 0.3) is 0 Å². The highest BCUT2D eigenvalue weighted by atomic mass is 32.2. The van der Waals surface area contributed by atoms with Gasteiger partial charge in [0.05, 0.1) is 18.0 Å². The molecule has 14 heteroatoms. The first-order valence-electron chi connectivity index (χ1n) is 14.4. The molecule has 2 fully saturated rings. The van der Waals surface area contributed by atoms with Crippen LogP contribution in [0.2, 0.25) is 0 Å². The van der Waals surface area contributed by atoms with Crippen molar-refractivity contribution in [2.24, 2.45) is 4.99 Å². The van der Waals surface area contributed by atoms with Crippen molar-refractivity contribution in [3.63, 3.8) is 0 Å². The lowest BCUT2D eigenvalue weighted by Crippen LogP contribution is -2.50. The molecule has 0 bridgehead atoms. The minimum atomic E-state index is -4.86. The number of alkyl halides is 3. The highest BCUT2D eigenvalue weighted by Crippen LogP contribution is 2.33. The van der Waals surface area contributed by atoms with Gasteiger partial charge in [0.15, 0.2) is 0 Å². The van der Waals surface area contributed by atoms with Crippen molar-refractivity contribution in [1.29, 1.82) is 0 Å². The topological polar surface area (TPSA) is 118 Å². The first-order chi connectivity index (χ1) is 20.6. The van der Waals surface area contributed by atoms with Gasteiger partial charge in [0, 0.05) is 37.3 Å². The van der Waals surface area contributed by atoms with E-state index in [-0.39, 0.29) is 67.6 Å². The lowest BCUT2D eigenvalue weighted by Gasteiger charge is -2.35. The standard InChI is InChI=1S/C30H35F3N4O6S/c1-19-15-24(27(38)36-17-20(2)42-21(3)18-36)8-7-22(19)9-14-44(40,41)37-12-10-29(11-13-37)28(39)34-26(35-29)23-5-4-6-25(16-23)43-30(31,32)33/h4-8,15-16,20-21H,9-14,17-18H2,1-3H3,(H,34,35,39)/t20-,21+. The van der Waals surface area contributed by atoms with Gasteiger partial charge in [0.25, 0.3) is 11.8 Å². The molecule has 3 aliphatic rings. The lowest BCUT2D eigenvalue weighted by molar-refractivity contribution is -0.274. The van der Waals surface area contributed by atoms with Crippen LogP contribution in [-0.2, 0) is 26.0 Å². The minimum Gasteiger partial charge on any atom is -0.406 e. The van der Waals surface area contributed by atoms with Crippen molar-refractivity contribution in [3.8, 4) is 5.75 Å². The number of carbonyl (C=O) groups is 2. The number of amidine groups is 1. The zero-order valence-corrected chi connectivity index (χ0v) is 25.5. The summed E-state index contributed by atoms with van der Waals surface area (Å²) in [5.74, 6) is -0.960. The number of rotatable bonds is 7. The van der Waals surface area contributed by atoms with Gasteiger partial charge in [-0.15, -0.1) is 13.2 Å². The molecule has 0 radical (unpaired) electrons. The Morgan fingerprint density at radius 2 is 1.80 bits per heavy atom. The molecular formula is C30H35F3N4O6S. The van der Waals surface area contributed by atoms with Gasteiger partial charge in [-0.1, -0.05) is 18.2 Å². The molecule has 10 nitrogen and oxygen atoms in total. The van der Waals surface area contributed by atoms with Gasteiger partial charge in [-0.25, -0.2) is 12.7 Å². The van der Waals surface area contributed by atoms with Gasteiger partial charge >= 0.3 is 6.36 Å². The lowest BCUT2D eigenvalue weighted by atomic mass is 9.89. The van der Waals surface area contributed by atoms with E-state index < -0.39 is 33.6 Å². The second-order valence-corrected chi connectivity index (χ2v) is 13.7. The number of hydrogen-bond donors (Lipinski definition) is 1. The summed E-state index contributed by atoms with van der Waals surface area (Å²) in [6, 6.07) is 10.5. The third-order valence-corrected chi connectivity index (χ3v) is 10.1. The summed E-state index contributed by atoms with van der Waals surface area (Å²) in [6.45, 7) is 6.89. The summed E-state index contributed by atoms with van der Waals surface area (Å²) in [4.78, 5) is 32.3. The Morgan fingerprint density at radius 3 is 2.43 bits per heavy atom. The molecule has 238 valence electrons. The van der Waals surface area contributed by atoms with Crippen LogP contribution >= 0.6 is 0 Å². The maximum atomic E-state index is 13.2. The van der Waals surface area contributed by atoms with E-state index in [9.17, 15) is 31.2 Å². The van der Waals surface area contributed by atoms with Crippen molar-refractivity contribution in [3.05, 3.63) is 64.7 Å². The fraction of sp³-hybridized carbons (Fsp3) is 0.500. The van der Waals surface area contributed by atoms with Crippen molar-refractivity contribution in [2.75, 3.05) is 31.9 Å². The Labute approximate surface area is 254 Å². The van der Waals surface area contributed by atoms with Crippen molar-refractivity contribution in [1.82, 2.24) is 14.5 Å². The molecule has 0 saturated carbocycles. The van der Waals surface area contributed by atoms with E-state index in [0.29, 0.717) is 18.7 Å². The fourth-order valence-corrected chi connectivity index (χ4v) is 7.45. The molecule has 2 aromatic rings. The Kier molecular flexibility index (Phi) is 8.80. The molecular weight excluding hydrogens is 601 g/mol. The molecule has 3 heterocycles. The molecule has 2 saturated heterocycles. The van der Waals surface area contributed by atoms with E-state index in [0.717, 1.165) is 23.3 Å². The number of aryl methyl sites for hydroxylation is 2. The predicted molar refractivity (Wildman–Crippen MR) is 156 cm³/mol. The first kappa shape index (κ1) is 31.9. The van der Waals surface area contributed by atoms with Gasteiger partial charge in [0.2, 0.25) is 10.0 Å². The molecule has 2 atom stereocenters. The number of hydrogen-bond acceptors (Lipinski definition) is 7. The summed E-state index contributed by atoms with van der Waals surface area (Å²) >= 11 is 0. The monoisotopic (exact) mass is 636 g/mol. The number of nitrogens with one attached hydrogen (secondary N) is 1. The summed E-state index contributed by atoms with van der Waals surface area (Å²) in [6.07, 6.45) is -4.43. The smallest absolute Gasteiger partial charge is 0.406 e. The first-order valence-corrected chi connectivity index (χ1v) is 16.0. The Bertz CT molecular complexity index is 1560. The molecule has 1 N–H and O–H groups in total. The second-order valence-electron chi connectivity index (χ2n) is 11.6. The van der Waals surface area contributed by atoms with Crippen molar-refractivity contribution in [2.45, 2.75) is 64.1 Å². The van der Waals surface area contributed by atoms with Crippen LogP contribution < -0.4 is 10.1 Å². The van der Waals surface area contributed by atoms with E-state index in [1.54, 1.807) is 23.1 Å². The van der Waals surface area contributed by atoms with E-state index in [4.69, 9.17) is 4.74 Å². The quantitative estimate of drug-likeness (QED) is 0.498. The number of piperidine rings is 1. The van der Waals surface area contributed by atoms with E-state index >= 15 is 0 Å². The number of sulfonamides is 1. The molecule has 44 heavy (non-hydrogen) atoms. The zero-order valence-electron chi connectivity index (χ0n) is 24.7. The van der Waals surface area contributed by atoms with E-state index in [2.05, 4.69) is 15.0 Å². The van der Waals surface area contributed by atoms with Crippen LogP contribution in [0.3, 0.4) is 0 Å². The Morgan fingerprint density at radius 1 is 1.11 bits per heavy atom. The molecule has 0 unspecified atom stereocenters. The van der Waals surface area contributed by atoms with Crippen LogP contribution in [-0.4, -0.2) is 91.3 Å². The Balaban J connectivity index is 1.19. The highest BCUT2D eigenvalue weighted by Gasteiger charge is 2.47. The van der Waals surface area contributed by atoms with Crippen LogP contribution in [0.4, 0.5) is 13.2 Å². The molecule has 0 aromatic heterocycles. The molecule has 1 spiro atoms. The maximum Gasteiger partial charge on any atom is 0.573 e. The SMILES string of the molecule is Cc1cc(C(=O)N2C[C@@H](C)O[C@@H](C)C2)ccc1CCS(=O)(=O)N1CCC2(CC1)N=C(c1cccc(OC(F)(F)F)c1)NC2=O. The summed E-state index contributed by atoms with van der Waals surface area (Å²) < 4.78 is 75.4. The van der Waals surface area contributed by atoms with Crippen LogP contribution in [0, 0.1) is 6.92 Å². The molecule has 3 aliphatic heterocycles. The van der Waals surface area contributed by atoms with E-state index in [1.165, 1.54) is 16.4 Å². The van der Waals surface area contributed by atoms with Gasteiger partial charge in [-0.3, -0.25) is 14.6 Å². The summed E-state index contributed by atoms with van der Waals surface area (Å²) in [5, 5.41) is 2.64. The number of nitrogens with zero attached hydrogens (tertiary/aromatic N) is 3. The molecule has 2 amide bonds. The van der Waals surface area contributed by atoms with Crippen LogP contribution in [0.1, 0.15) is 53.7 Å². The van der Waals surface area contributed by atoms with Crippen molar-refractivity contribution < 1.29 is 40.7 Å². The third-order valence-electron chi connectivity index (χ3n) is 8.19. The summed E-state index contributed by atoms with van der Waals surface area (Å²) in [7, 11) is -3.67. The van der Waals surface area contributed by atoms with Gasteiger partial charge < -0.3 is 19.7 Å². The minimum absolute atomic E-state index is 0.0475. The number of aliphatic imine (C=N–C) groups is 1.